The summed E-state index contributed by atoms with van der Waals surface area (Å²) in [7, 11) is 3.22. The Bertz CT molecular complexity index is 643. The summed E-state index contributed by atoms with van der Waals surface area (Å²) in [6.07, 6.45) is 5.96. The van der Waals surface area contributed by atoms with Crippen molar-refractivity contribution >= 4 is 5.91 Å². The van der Waals surface area contributed by atoms with Crippen LogP contribution in [0.2, 0.25) is 0 Å². The number of likely N-dealkylation sites (tertiary alicyclic amines) is 2. The molecule has 6 nitrogen and oxygen atoms in total. The molecule has 1 aromatic carbocycles. The summed E-state index contributed by atoms with van der Waals surface area (Å²) in [6.45, 7) is 3.93. The van der Waals surface area contributed by atoms with Crippen LogP contribution in [0, 0.1) is 5.92 Å². The fraction of sp³-hybridized carbons (Fsp3) is 0.682. The van der Waals surface area contributed by atoms with Gasteiger partial charge in [0.05, 0.1) is 26.2 Å². The third-order valence-electron chi connectivity index (χ3n) is 6.00. The number of β-amino-alcohol motifs (C(OH)–C–C–N with tert-alkyl or cyclic N) is 1. The van der Waals surface area contributed by atoms with Gasteiger partial charge >= 0.3 is 0 Å². The lowest BCUT2D eigenvalue weighted by Gasteiger charge is -2.35. The van der Waals surface area contributed by atoms with E-state index in [1.807, 2.05) is 18.2 Å². The molecule has 0 bridgehead atoms. The van der Waals surface area contributed by atoms with E-state index in [-0.39, 0.29) is 5.92 Å². The van der Waals surface area contributed by atoms with Gasteiger partial charge in [-0.1, -0.05) is 12.8 Å². The molecule has 2 aliphatic heterocycles. The molecule has 6 heteroatoms. The molecule has 2 heterocycles. The number of nitrogens with zero attached hydrogens (tertiary/aromatic N) is 2. The molecule has 0 aromatic heterocycles. The number of rotatable bonds is 6. The zero-order valence-corrected chi connectivity index (χ0v) is 17.2. The Morgan fingerprint density at radius 1 is 1.11 bits per heavy atom. The van der Waals surface area contributed by atoms with Crippen molar-refractivity contribution in [1.82, 2.24) is 9.80 Å². The second kappa shape index (κ2) is 10.1. The van der Waals surface area contributed by atoms with Gasteiger partial charge in [-0.3, -0.25) is 9.69 Å². The molecule has 28 heavy (non-hydrogen) atoms. The highest BCUT2D eigenvalue weighted by Gasteiger charge is 2.30. The highest BCUT2D eigenvalue weighted by atomic mass is 16.5. The third kappa shape index (κ3) is 5.17. The zero-order chi connectivity index (χ0) is 19.9. The van der Waals surface area contributed by atoms with Gasteiger partial charge in [-0.25, -0.2) is 0 Å². The Labute approximate surface area is 168 Å². The minimum absolute atomic E-state index is 0.0475. The van der Waals surface area contributed by atoms with Crippen molar-refractivity contribution in [2.75, 3.05) is 46.9 Å². The number of ether oxygens (including phenoxy) is 2. The maximum absolute atomic E-state index is 13.0. The molecule has 2 aliphatic rings. The predicted octanol–water partition coefficient (Wildman–Crippen LogP) is 2.85. The quantitative estimate of drug-likeness (QED) is 0.809. The van der Waals surface area contributed by atoms with Crippen LogP contribution < -0.4 is 9.47 Å². The first-order valence-electron chi connectivity index (χ1n) is 10.5. The Morgan fingerprint density at radius 3 is 2.54 bits per heavy atom. The number of aliphatic hydroxyl groups is 1. The Balaban J connectivity index is 1.62. The molecule has 1 amide bonds. The monoisotopic (exact) mass is 390 g/mol. The van der Waals surface area contributed by atoms with Gasteiger partial charge in [-0.2, -0.15) is 0 Å². The lowest BCUT2D eigenvalue weighted by molar-refractivity contribution is -0.137. The molecule has 0 saturated carbocycles. The number of carbonyl (C=O) groups is 1. The fourth-order valence-corrected chi connectivity index (χ4v) is 4.41. The first-order chi connectivity index (χ1) is 13.6. The molecule has 0 spiro atoms. The molecule has 2 saturated heterocycles. The largest absolute Gasteiger partial charge is 0.497 e. The molecule has 0 radical (unpaired) electrons. The molecule has 1 N–H and O–H groups in total. The van der Waals surface area contributed by atoms with Crippen LogP contribution in [0.4, 0.5) is 0 Å². The second-order valence-corrected chi connectivity index (χ2v) is 7.96. The second-order valence-electron chi connectivity index (χ2n) is 7.96. The Morgan fingerprint density at radius 2 is 1.86 bits per heavy atom. The molecule has 1 aromatic rings. The summed E-state index contributed by atoms with van der Waals surface area (Å²) in [5.74, 6) is 1.71. The highest BCUT2D eigenvalue weighted by Crippen LogP contribution is 2.31. The van der Waals surface area contributed by atoms with Gasteiger partial charge in [0.2, 0.25) is 5.91 Å². The minimum Gasteiger partial charge on any atom is -0.497 e. The third-order valence-corrected chi connectivity index (χ3v) is 6.00. The number of aliphatic hydroxyl groups excluding tert-OH is 1. The minimum atomic E-state index is -0.683. The predicted molar refractivity (Wildman–Crippen MR) is 109 cm³/mol. The van der Waals surface area contributed by atoms with E-state index in [2.05, 4.69) is 9.80 Å². The summed E-state index contributed by atoms with van der Waals surface area (Å²) in [6, 6.07) is 5.47. The van der Waals surface area contributed by atoms with Gasteiger partial charge in [0.15, 0.2) is 0 Å². The SMILES string of the molecule is COc1ccc(OC)c([C@H](O)CN2CCC[C@H](C(=O)N3CCCCCC3)C2)c1. The van der Waals surface area contributed by atoms with Crippen LogP contribution in [0.3, 0.4) is 0 Å². The summed E-state index contributed by atoms with van der Waals surface area (Å²) < 4.78 is 10.7. The summed E-state index contributed by atoms with van der Waals surface area (Å²) in [4.78, 5) is 17.3. The standard InChI is InChI=1S/C22H34N2O4/c1-27-18-9-10-21(28-2)19(14-18)20(25)16-23-11-7-8-17(15-23)22(26)24-12-5-3-4-6-13-24/h9-10,14,17,20,25H,3-8,11-13,15-16H2,1-2H3/t17-,20+/m0/s1. The van der Waals surface area contributed by atoms with Gasteiger partial charge in [0.25, 0.3) is 0 Å². The summed E-state index contributed by atoms with van der Waals surface area (Å²) in [5.41, 5.74) is 0.725. The maximum atomic E-state index is 13.0. The van der Waals surface area contributed by atoms with Crippen molar-refractivity contribution in [1.29, 1.82) is 0 Å². The number of hydrogen-bond donors (Lipinski definition) is 1. The molecule has 3 rings (SSSR count). The van der Waals surface area contributed by atoms with Crippen LogP contribution in [-0.2, 0) is 4.79 Å². The molecule has 2 fully saturated rings. The average Bonchev–Trinajstić information content (AvgIpc) is 3.02. The van der Waals surface area contributed by atoms with Gasteiger partial charge in [0.1, 0.15) is 11.5 Å². The van der Waals surface area contributed by atoms with Crippen LogP contribution in [0.5, 0.6) is 11.5 Å². The summed E-state index contributed by atoms with van der Waals surface area (Å²) >= 11 is 0. The van der Waals surface area contributed by atoms with E-state index in [1.54, 1.807) is 14.2 Å². The zero-order valence-electron chi connectivity index (χ0n) is 17.2. The average molecular weight is 391 g/mol. The molecular formula is C22H34N2O4. The van der Waals surface area contributed by atoms with E-state index in [4.69, 9.17) is 9.47 Å². The van der Waals surface area contributed by atoms with Crippen LogP contribution >= 0.6 is 0 Å². The molecule has 2 atom stereocenters. The van der Waals surface area contributed by atoms with E-state index in [0.29, 0.717) is 24.0 Å². The summed E-state index contributed by atoms with van der Waals surface area (Å²) in [5, 5.41) is 10.8. The number of methoxy groups -OCH3 is 2. The maximum Gasteiger partial charge on any atom is 0.226 e. The Hall–Kier alpha value is -1.79. The van der Waals surface area contributed by atoms with Crippen molar-refractivity contribution in [2.45, 2.75) is 44.6 Å². The van der Waals surface area contributed by atoms with Crippen molar-refractivity contribution in [3.05, 3.63) is 23.8 Å². The normalized spacial score (nSPS) is 22.4. The van der Waals surface area contributed by atoms with E-state index in [9.17, 15) is 9.90 Å². The smallest absolute Gasteiger partial charge is 0.226 e. The number of hydrogen-bond acceptors (Lipinski definition) is 5. The van der Waals surface area contributed by atoms with Crippen LogP contribution in [0.15, 0.2) is 18.2 Å². The number of carbonyl (C=O) groups excluding carboxylic acids is 1. The van der Waals surface area contributed by atoms with Gasteiger partial charge in [-0.05, 0) is 50.4 Å². The van der Waals surface area contributed by atoms with E-state index in [0.717, 1.165) is 57.4 Å². The van der Waals surface area contributed by atoms with Crippen molar-refractivity contribution < 1.29 is 19.4 Å². The van der Waals surface area contributed by atoms with Gasteiger partial charge in [0, 0.05) is 31.7 Å². The lowest BCUT2D eigenvalue weighted by atomic mass is 9.95. The van der Waals surface area contributed by atoms with E-state index in [1.165, 1.54) is 12.8 Å². The first-order valence-corrected chi connectivity index (χ1v) is 10.5. The number of amides is 1. The van der Waals surface area contributed by atoms with Gasteiger partial charge < -0.3 is 19.5 Å². The van der Waals surface area contributed by atoms with E-state index < -0.39 is 6.10 Å². The topological polar surface area (TPSA) is 62.2 Å². The lowest BCUT2D eigenvalue weighted by Crippen LogP contribution is -2.46. The van der Waals surface area contributed by atoms with Crippen LogP contribution in [-0.4, -0.2) is 67.8 Å². The van der Waals surface area contributed by atoms with Crippen molar-refractivity contribution in [2.24, 2.45) is 5.92 Å². The highest BCUT2D eigenvalue weighted by molar-refractivity contribution is 5.79. The molecular weight excluding hydrogens is 356 g/mol. The number of piperidine rings is 1. The van der Waals surface area contributed by atoms with Crippen molar-refractivity contribution in [3.63, 3.8) is 0 Å². The fourth-order valence-electron chi connectivity index (χ4n) is 4.41. The van der Waals surface area contributed by atoms with Crippen LogP contribution in [0.1, 0.15) is 50.2 Å². The van der Waals surface area contributed by atoms with E-state index >= 15 is 0 Å². The van der Waals surface area contributed by atoms with Crippen LogP contribution in [0.25, 0.3) is 0 Å². The Kier molecular flexibility index (Phi) is 7.57. The molecule has 0 aliphatic carbocycles. The van der Waals surface area contributed by atoms with Crippen molar-refractivity contribution in [3.8, 4) is 11.5 Å². The molecule has 0 unspecified atom stereocenters. The molecule has 156 valence electrons. The van der Waals surface area contributed by atoms with Gasteiger partial charge in [-0.15, -0.1) is 0 Å². The first kappa shape index (κ1) is 20.9. The number of benzene rings is 1.